The molecule has 0 fully saturated rings. The van der Waals surface area contributed by atoms with Crippen LogP contribution in [0, 0.1) is 5.92 Å². The molecule has 1 aromatic rings. The van der Waals surface area contributed by atoms with Crippen molar-refractivity contribution < 1.29 is 4.79 Å². The van der Waals surface area contributed by atoms with E-state index in [2.05, 4.69) is 17.6 Å². The van der Waals surface area contributed by atoms with E-state index >= 15 is 0 Å². The van der Waals surface area contributed by atoms with Crippen LogP contribution in [0.4, 0.5) is 0 Å². The average Bonchev–Trinajstić information content (AvgIpc) is 2.67. The summed E-state index contributed by atoms with van der Waals surface area (Å²) in [4.78, 5) is 17.7. The maximum atomic E-state index is 11.8. The summed E-state index contributed by atoms with van der Waals surface area (Å²) in [5.74, 6) is 0.306. The first-order valence-corrected chi connectivity index (χ1v) is 6.28. The highest BCUT2D eigenvalue weighted by Crippen LogP contribution is 2.13. The van der Waals surface area contributed by atoms with Gasteiger partial charge in [0.25, 0.3) is 0 Å². The fraction of sp³-hybridized carbons (Fsp3) is 0.600. The number of hydrogen-bond acceptors (Lipinski definition) is 4. The number of hydrogen-bond donors (Lipinski definition) is 1. The molecule has 1 aromatic heterocycles. The number of nitrogens with zero attached hydrogens (tertiary/aromatic N) is 2. The quantitative estimate of drug-likeness (QED) is 0.822. The molecule has 0 aromatic carbocycles. The lowest BCUT2D eigenvalue weighted by Crippen LogP contribution is -2.35. The summed E-state index contributed by atoms with van der Waals surface area (Å²) >= 11 is 5.84. The number of carbonyl (C=O) groups is 1. The van der Waals surface area contributed by atoms with E-state index in [-0.39, 0.29) is 17.1 Å². The fourth-order valence-corrected chi connectivity index (χ4v) is 1.89. The Hall–Kier alpha value is -0.550. The van der Waals surface area contributed by atoms with E-state index in [1.807, 2.05) is 19.2 Å². The van der Waals surface area contributed by atoms with Crippen molar-refractivity contribution >= 4 is 29.9 Å². The molecule has 1 rings (SSSR count). The molecule has 84 valence electrons. The first-order valence-electron chi connectivity index (χ1n) is 4.82. The minimum atomic E-state index is -0.228. The standard InChI is InChI=1S/C10H16N2OS2/c1-7(2)9(14)10(13)12(3)4-8-5-15-6-11-8/h5-7,9,14H,4H2,1-3H3. The van der Waals surface area contributed by atoms with E-state index in [9.17, 15) is 4.79 Å². The molecule has 3 nitrogen and oxygen atoms in total. The van der Waals surface area contributed by atoms with Crippen molar-refractivity contribution in [3.8, 4) is 0 Å². The van der Waals surface area contributed by atoms with Gasteiger partial charge in [-0.1, -0.05) is 13.8 Å². The summed E-state index contributed by atoms with van der Waals surface area (Å²) in [6.45, 7) is 4.55. The number of rotatable bonds is 4. The van der Waals surface area contributed by atoms with E-state index < -0.39 is 0 Å². The maximum absolute atomic E-state index is 11.8. The van der Waals surface area contributed by atoms with Crippen molar-refractivity contribution in [2.45, 2.75) is 25.6 Å². The molecule has 0 N–H and O–H groups in total. The molecule has 0 aliphatic carbocycles. The van der Waals surface area contributed by atoms with Crippen LogP contribution in [-0.4, -0.2) is 28.1 Å². The van der Waals surface area contributed by atoms with E-state index in [1.54, 1.807) is 17.5 Å². The van der Waals surface area contributed by atoms with Crippen LogP contribution in [0.1, 0.15) is 19.5 Å². The molecule has 5 heteroatoms. The van der Waals surface area contributed by atoms with Gasteiger partial charge in [-0.2, -0.15) is 12.6 Å². The highest BCUT2D eigenvalue weighted by Gasteiger charge is 2.21. The molecular weight excluding hydrogens is 228 g/mol. The third-order valence-electron chi connectivity index (χ3n) is 2.14. The number of thiol groups is 1. The van der Waals surface area contributed by atoms with Crippen molar-refractivity contribution in [2.75, 3.05) is 7.05 Å². The van der Waals surface area contributed by atoms with Crippen molar-refractivity contribution in [3.05, 3.63) is 16.6 Å². The topological polar surface area (TPSA) is 33.2 Å². The summed E-state index contributed by atoms with van der Waals surface area (Å²) in [6, 6.07) is 0. The van der Waals surface area contributed by atoms with Gasteiger partial charge >= 0.3 is 0 Å². The van der Waals surface area contributed by atoms with Gasteiger partial charge in [-0.05, 0) is 5.92 Å². The zero-order valence-electron chi connectivity index (χ0n) is 9.17. The minimum Gasteiger partial charge on any atom is -0.339 e. The summed E-state index contributed by atoms with van der Waals surface area (Å²) in [6.07, 6.45) is 0. The van der Waals surface area contributed by atoms with Gasteiger partial charge < -0.3 is 4.90 Å². The Labute approximate surface area is 99.9 Å². The van der Waals surface area contributed by atoms with Crippen molar-refractivity contribution in [3.63, 3.8) is 0 Å². The van der Waals surface area contributed by atoms with Gasteiger partial charge in [-0.3, -0.25) is 4.79 Å². The Morgan fingerprint density at radius 3 is 2.80 bits per heavy atom. The van der Waals surface area contributed by atoms with Crippen LogP contribution < -0.4 is 0 Å². The summed E-state index contributed by atoms with van der Waals surface area (Å²) in [7, 11) is 1.78. The Morgan fingerprint density at radius 1 is 1.67 bits per heavy atom. The average molecular weight is 244 g/mol. The zero-order valence-corrected chi connectivity index (χ0v) is 10.9. The Morgan fingerprint density at radius 2 is 2.33 bits per heavy atom. The molecule has 1 amide bonds. The second kappa shape index (κ2) is 5.51. The van der Waals surface area contributed by atoms with Gasteiger partial charge in [0.1, 0.15) is 0 Å². The van der Waals surface area contributed by atoms with Crippen LogP contribution >= 0.6 is 24.0 Å². The second-order valence-electron chi connectivity index (χ2n) is 3.86. The van der Waals surface area contributed by atoms with Crippen LogP contribution in [0.25, 0.3) is 0 Å². The normalized spacial score (nSPS) is 12.9. The molecule has 0 aliphatic heterocycles. The van der Waals surface area contributed by atoms with E-state index in [1.165, 1.54) is 11.3 Å². The largest absolute Gasteiger partial charge is 0.339 e. The van der Waals surface area contributed by atoms with E-state index in [0.717, 1.165) is 5.69 Å². The highest BCUT2D eigenvalue weighted by molar-refractivity contribution is 7.81. The van der Waals surface area contributed by atoms with Crippen LogP contribution in [0.3, 0.4) is 0 Å². The summed E-state index contributed by atoms with van der Waals surface area (Å²) in [5, 5.41) is 1.72. The molecular formula is C10H16N2OS2. The van der Waals surface area contributed by atoms with E-state index in [0.29, 0.717) is 6.54 Å². The summed E-state index contributed by atoms with van der Waals surface area (Å²) in [5.41, 5.74) is 2.70. The molecule has 15 heavy (non-hydrogen) atoms. The number of aromatic nitrogens is 1. The van der Waals surface area contributed by atoms with Crippen molar-refractivity contribution in [1.29, 1.82) is 0 Å². The third kappa shape index (κ3) is 3.50. The predicted molar refractivity (Wildman–Crippen MR) is 66.2 cm³/mol. The van der Waals surface area contributed by atoms with Gasteiger partial charge in [0.05, 0.1) is 23.0 Å². The minimum absolute atomic E-state index is 0.0568. The van der Waals surface area contributed by atoms with E-state index in [4.69, 9.17) is 0 Å². The Bertz CT molecular complexity index is 311. The molecule has 1 unspecified atom stereocenters. The lowest BCUT2D eigenvalue weighted by atomic mass is 10.1. The second-order valence-corrected chi connectivity index (χ2v) is 5.14. The Balaban J connectivity index is 2.54. The first-order chi connectivity index (χ1) is 7.02. The number of amides is 1. The lowest BCUT2D eigenvalue weighted by Gasteiger charge is -2.22. The lowest BCUT2D eigenvalue weighted by molar-refractivity contribution is -0.130. The van der Waals surface area contributed by atoms with Gasteiger partial charge in [-0.25, -0.2) is 4.98 Å². The molecule has 0 spiro atoms. The highest BCUT2D eigenvalue weighted by atomic mass is 32.1. The van der Waals surface area contributed by atoms with Gasteiger partial charge in [-0.15, -0.1) is 11.3 Å². The van der Waals surface area contributed by atoms with Gasteiger partial charge in [0, 0.05) is 12.4 Å². The van der Waals surface area contributed by atoms with Gasteiger partial charge in [0.15, 0.2) is 0 Å². The van der Waals surface area contributed by atoms with Crippen molar-refractivity contribution in [1.82, 2.24) is 9.88 Å². The third-order valence-corrected chi connectivity index (χ3v) is 3.60. The predicted octanol–water partition coefficient (Wildman–Crippen LogP) is 2.06. The van der Waals surface area contributed by atoms with Crippen LogP contribution in [-0.2, 0) is 11.3 Å². The molecule has 0 aliphatic rings. The number of thiazole rings is 1. The molecule has 0 saturated carbocycles. The SMILES string of the molecule is CC(C)C(S)C(=O)N(C)Cc1cscn1. The zero-order chi connectivity index (χ0) is 11.4. The number of carbonyl (C=O) groups excluding carboxylic acids is 1. The van der Waals surface area contributed by atoms with Crippen molar-refractivity contribution in [2.24, 2.45) is 5.92 Å². The molecule has 1 heterocycles. The smallest absolute Gasteiger partial charge is 0.235 e. The van der Waals surface area contributed by atoms with Crippen LogP contribution in [0.15, 0.2) is 10.9 Å². The van der Waals surface area contributed by atoms with Crippen LogP contribution in [0.5, 0.6) is 0 Å². The maximum Gasteiger partial charge on any atom is 0.235 e. The first kappa shape index (κ1) is 12.5. The molecule has 1 atom stereocenters. The molecule has 0 saturated heterocycles. The fourth-order valence-electron chi connectivity index (χ4n) is 1.15. The Kier molecular flexibility index (Phi) is 4.60. The van der Waals surface area contributed by atoms with Crippen LogP contribution in [0.2, 0.25) is 0 Å². The molecule has 0 bridgehead atoms. The monoisotopic (exact) mass is 244 g/mol. The molecule has 0 radical (unpaired) electrons. The summed E-state index contributed by atoms with van der Waals surface area (Å²) < 4.78 is 0. The van der Waals surface area contributed by atoms with Gasteiger partial charge in [0.2, 0.25) is 5.91 Å².